The van der Waals surface area contributed by atoms with E-state index >= 15 is 0 Å². The van der Waals surface area contributed by atoms with E-state index in [-0.39, 0.29) is 17.3 Å². The van der Waals surface area contributed by atoms with Crippen molar-refractivity contribution in [3.05, 3.63) is 56.1 Å². The van der Waals surface area contributed by atoms with Crippen LogP contribution < -0.4 is 16.4 Å². The number of thiophene rings is 2. The molecule has 1 amide bonds. The SMILES string of the molecule is Cc1ccc(Cl)cc1N1CCN(C(=O)c2sc3nc(N)c(C#N)c(-c4ccsc4)c3c2N)CC1. The smallest absolute Gasteiger partial charge is 0.266 e. The largest absolute Gasteiger partial charge is 0.397 e. The van der Waals surface area contributed by atoms with Gasteiger partial charge in [0.15, 0.2) is 0 Å². The van der Waals surface area contributed by atoms with Gasteiger partial charge in [0, 0.05) is 47.8 Å². The van der Waals surface area contributed by atoms with E-state index < -0.39 is 0 Å². The molecular weight excluding hydrogens is 488 g/mol. The summed E-state index contributed by atoms with van der Waals surface area (Å²) in [5, 5.41) is 14.9. The number of nitrogens with zero attached hydrogens (tertiary/aromatic N) is 4. The van der Waals surface area contributed by atoms with Gasteiger partial charge in [-0.25, -0.2) is 4.98 Å². The third-order valence-corrected chi connectivity index (χ3v) is 8.11. The summed E-state index contributed by atoms with van der Waals surface area (Å²) >= 11 is 8.94. The number of nitrogens with two attached hydrogens (primary N) is 2. The van der Waals surface area contributed by atoms with Crippen molar-refractivity contribution in [2.75, 3.05) is 42.5 Å². The predicted octanol–water partition coefficient (Wildman–Crippen LogP) is 4.99. The molecule has 0 spiro atoms. The molecule has 1 aromatic carbocycles. The van der Waals surface area contributed by atoms with Crippen molar-refractivity contribution in [3.8, 4) is 17.2 Å². The van der Waals surface area contributed by atoms with E-state index in [9.17, 15) is 10.1 Å². The monoisotopic (exact) mass is 508 g/mol. The molecule has 34 heavy (non-hydrogen) atoms. The number of hydrogen-bond acceptors (Lipinski definition) is 8. The van der Waals surface area contributed by atoms with Gasteiger partial charge in [-0.15, -0.1) is 11.3 Å². The highest BCUT2D eigenvalue weighted by Crippen LogP contribution is 2.43. The number of anilines is 3. The Bertz CT molecular complexity index is 1450. The quantitative estimate of drug-likeness (QED) is 0.403. The minimum Gasteiger partial charge on any atom is -0.397 e. The maximum absolute atomic E-state index is 13.5. The van der Waals surface area contributed by atoms with Crippen LogP contribution in [0, 0.1) is 18.3 Å². The van der Waals surface area contributed by atoms with Crippen molar-refractivity contribution < 1.29 is 4.79 Å². The van der Waals surface area contributed by atoms with Crippen LogP contribution in [0.2, 0.25) is 5.02 Å². The van der Waals surface area contributed by atoms with Gasteiger partial charge in [-0.1, -0.05) is 17.7 Å². The molecule has 10 heteroatoms. The molecule has 1 fully saturated rings. The second kappa shape index (κ2) is 8.80. The number of piperazine rings is 1. The first-order chi connectivity index (χ1) is 16.4. The second-order valence-corrected chi connectivity index (χ2v) is 10.3. The van der Waals surface area contributed by atoms with Gasteiger partial charge in [0.25, 0.3) is 5.91 Å². The topological polar surface area (TPSA) is 112 Å². The second-order valence-electron chi connectivity index (χ2n) is 8.11. The molecule has 1 aliphatic rings. The zero-order chi connectivity index (χ0) is 24.0. The number of aromatic nitrogens is 1. The molecule has 0 atom stereocenters. The Morgan fingerprint density at radius 2 is 1.97 bits per heavy atom. The first-order valence-corrected chi connectivity index (χ1v) is 12.8. The van der Waals surface area contributed by atoms with Crippen LogP contribution in [-0.4, -0.2) is 42.0 Å². The van der Waals surface area contributed by atoms with E-state index in [1.807, 2.05) is 39.9 Å². The lowest BCUT2D eigenvalue weighted by Gasteiger charge is -2.36. The van der Waals surface area contributed by atoms with Crippen LogP contribution in [-0.2, 0) is 0 Å². The Kier molecular flexibility index (Phi) is 5.81. The number of benzene rings is 1. The minimum absolute atomic E-state index is 0.128. The average Bonchev–Trinajstić information content (AvgIpc) is 3.48. The molecule has 0 bridgehead atoms. The Morgan fingerprint density at radius 3 is 2.65 bits per heavy atom. The number of pyridine rings is 1. The van der Waals surface area contributed by atoms with Crippen molar-refractivity contribution in [2.24, 2.45) is 0 Å². The summed E-state index contributed by atoms with van der Waals surface area (Å²) in [6.07, 6.45) is 0. The fraction of sp³-hybridized carbons (Fsp3) is 0.208. The average molecular weight is 509 g/mol. The molecule has 5 rings (SSSR count). The summed E-state index contributed by atoms with van der Waals surface area (Å²) in [7, 11) is 0. The van der Waals surface area contributed by atoms with E-state index in [0.717, 1.165) is 16.8 Å². The zero-order valence-electron chi connectivity index (χ0n) is 18.3. The summed E-state index contributed by atoms with van der Waals surface area (Å²) in [5.41, 5.74) is 17.0. The van der Waals surface area contributed by atoms with Crippen molar-refractivity contribution >= 4 is 67.6 Å². The fourth-order valence-corrected chi connectivity index (χ4v) is 6.25. The van der Waals surface area contributed by atoms with Gasteiger partial charge in [0.2, 0.25) is 0 Å². The first-order valence-electron chi connectivity index (χ1n) is 10.6. The molecule has 4 aromatic rings. The van der Waals surface area contributed by atoms with Crippen LogP contribution in [0.15, 0.2) is 35.0 Å². The summed E-state index contributed by atoms with van der Waals surface area (Å²) in [4.78, 5) is 22.9. The third kappa shape index (κ3) is 3.74. The van der Waals surface area contributed by atoms with Gasteiger partial charge < -0.3 is 21.3 Å². The van der Waals surface area contributed by atoms with Gasteiger partial charge in [0.1, 0.15) is 27.2 Å². The van der Waals surface area contributed by atoms with Crippen molar-refractivity contribution in [2.45, 2.75) is 6.92 Å². The Labute approximate surface area is 209 Å². The number of nitrogen functional groups attached to an aromatic ring is 2. The maximum atomic E-state index is 13.5. The van der Waals surface area contributed by atoms with Crippen molar-refractivity contribution in [3.63, 3.8) is 0 Å². The molecule has 3 aromatic heterocycles. The molecule has 1 aliphatic heterocycles. The molecule has 0 radical (unpaired) electrons. The fourth-order valence-electron chi connectivity index (χ4n) is 4.35. The number of aryl methyl sites for hydroxylation is 1. The maximum Gasteiger partial charge on any atom is 0.266 e. The minimum atomic E-state index is -0.128. The van der Waals surface area contributed by atoms with E-state index in [1.54, 1.807) is 0 Å². The Balaban J connectivity index is 1.47. The highest BCUT2D eigenvalue weighted by molar-refractivity contribution is 7.21. The van der Waals surface area contributed by atoms with Gasteiger partial charge >= 0.3 is 0 Å². The highest BCUT2D eigenvalue weighted by Gasteiger charge is 2.29. The Morgan fingerprint density at radius 1 is 1.21 bits per heavy atom. The van der Waals surface area contributed by atoms with Crippen LogP contribution >= 0.6 is 34.3 Å². The van der Waals surface area contributed by atoms with Crippen molar-refractivity contribution in [1.29, 1.82) is 5.26 Å². The van der Waals surface area contributed by atoms with E-state index in [1.165, 1.54) is 22.7 Å². The highest BCUT2D eigenvalue weighted by atomic mass is 35.5. The molecule has 0 saturated carbocycles. The summed E-state index contributed by atoms with van der Waals surface area (Å²) < 4.78 is 0. The molecule has 4 N–H and O–H groups in total. The number of hydrogen-bond donors (Lipinski definition) is 2. The number of carbonyl (C=O) groups is 1. The van der Waals surface area contributed by atoms with Gasteiger partial charge in [0.05, 0.1) is 5.69 Å². The first kappa shape index (κ1) is 22.5. The molecule has 4 heterocycles. The number of fused-ring (bicyclic) bond motifs is 1. The Hall–Kier alpha value is -3.32. The number of carbonyl (C=O) groups excluding carboxylic acids is 1. The van der Waals surface area contributed by atoms with E-state index in [4.69, 9.17) is 23.1 Å². The van der Waals surface area contributed by atoms with Crippen LogP contribution in [0.3, 0.4) is 0 Å². The lowest BCUT2D eigenvalue weighted by atomic mass is 9.99. The van der Waals surface area contributed by atoms with E-state index in [2.05, 4.69) is 22.9 Å². The number of amides is 1. The standard InChI is InChI=1S/C24H21ClN6OS2/c1-13-2-3-15(25)10-17(13)30-5-7-31(8-6-30)24(32)21-20(27)19-18(14-4-9-33-12-14)16(11-26)22(28)29-23(19)34-21/h2-4,9-10,12H,5-8,27H2,1H3,(H2,28,29). The van der Waals surface area contributed by atoms with Crippen LogP contribution in [0.5, 0.6) is 0 Å². The molecule has 172 valence electrons. The molecular formula is C24H21ClN6OS2. The number of nitriles is 1. The molecule has 7 nitrogen and oxygen atoms in total. The lowest BCUT2D eigenvalue weighted by Crippen LogP contribution is -2.49. The summed E-state index contributed by atoms with van der Waals surface area (Å²) in [5.74, 6) is 0.0123. The van der Waals surface area contributed by atoms with Crippen LogP contribution in [0.25, 0.3) is 21.3 Å². The zero-order valence-corrected chi connectivity index (χ0v) is 20.7. The van der Waals surface area contributed by atoms with Crippen molar-refractivity contribution in [1.82, 2.24) is 9.88 Å². The number of rotatable bonds is 3. The molecule has 0 aliphatic carbocycles. The normalized spacial score (nSPS) is 13.9. The summed E-state index contributed by atoms with van der Waals surface area (Å²) in [6.45, 7) is 4.58. The van der Waals surface area contributed by atoms with Gasteiger partial charge in [-0.2, -0.15) is 16.6 Å². The summed E-state index contributed by atoms with van der Waals surface area (Å²) in [6, 6.07) is 9.92. The van der Waals surface area contributed by atoms with E-state index in [0.29, 0.717) is 57.5 Å². The van der Waals surface area contributed by atoms with Gasteiger partial charge in [-0.05, 0) is 47.0 Å². The third-order valence-electron chi connectivity index (χ3n) is 6.10. The molecule has 0 unspecified atom stereocenters. The van der Waals surface area contributed by atoms with Crippen LogP contribution in [0.4, 0.5) is 17.2 Å². The lowest BCUT2D eigenvalue weighted by molar-refractivity contribution is 0.0752. The number of halogens is 1. The molecule has 1 saturated heterocycles. The van der Waals surface area contributed by atoms with Gasteiger partial charge in [-0.3, -0.25) is 4.79 Å². The predicted molar refractivity (Wildman–Crippen MR) is 141 cm³/mol. The van der Waals surface area contributed by atoms with Crippen LogP contribution in [0.1, 0.15) is 20.8 Å².